The zero-order valence-electron chi connectivity index (χ0n) is 27.1. The Hall–Kier alpha value is -1.98. The lowest BCUT2D eigenvalue weighted by Gasteiger charge is -2.52. The summed E-state index contributed by atoms with van der Waals surface area (Å²) in [6.45, 7) is 11.9. The summed E-state index contributed by atoms with van der Waals surface area (Å²) in [6.07, 6.45) is 12.2. The summed E-state index contributed by atoms with van der Waals surface area (Å²) in [5.41, 5.74) is 4.86. The number of benzene rings is 1. The van der Waals surface area contributed by atoms with Crippen molar-refractivity contribution in [1.29, 1.82) is 0 Å². The number of fused-ring (bicyclic) bond motifs is 6. The van der Waals surface area contributed by atoms with Gasteiger partial charge in [0, 0.05) is 37.9 Å². The molecule has 5 heteroatoms. The molecule has 1 aromatic carbocycles. The van der Waals surface area contributed by atoms with Crippen LogP contribution in [0, 0.1) is 40.9 Å². The number of nitrogens with one attached hydrogen (secondary N) is 1. The molecule has 4 aliphatic carbocycles. The van der Waals surface area contributed by atoms with E-state index in [4.69, 9.17) is 4.74 Å². The van der Waals surface area contributed by atoms with E-state index >= 15 is 0 Å². The van der Waals surface area contributed by atoms with Crippen molar-refractivity contribution >= 4 is 11.7 Å². The molecular weight excluding hydrogens is 532 g/mol. The van der Waals surface area contributed by atoms with Crippen LogP contribution in [0.25, 0.3) is 0 Å². The fourth-order valence-electron chi connectivity index (χ4n) is 11.4. The first-order chi connectivity index (χ1) is 20.7. The SMILES string of the molecule is CC1=C2C[C@H]3[C@@H](CC[C@@H]4CC(=O)CC[C@@]43C)[C@@H]2CCC2(C1)O[C@@H]1C[C@H](C)CN(CC(=O)NCCc3ccccc3)[C@H]1[C@H]2C. The standard InChI is InChI=1S/C38H54N2O3/c1-24-18-34-36(40(22-24)23-35(42)39-17-14-27-8-6-5-7-9-27)26(3)38(43-34)16-13-30-31-11-10-28-19-29(41)12-15-37(28,4)33(31)20-32(30)25(2)21-38/h5-9,24,26,28,30-31,33-34,36H,10-23H2,1-4H3,(H,39,42)/t24-,26+,28+,30-,31-,33-,34+,36-,37-,38?/m0/s1. The van der Waals surface area contributed by atoms with E-state index in [1.807, 2.05) is 6.07 Å². The van der Waals surface area contributed by atoms with Crippen molar-refractivity contribution < 1.29 is 14.3 Å². The number of piperidine rings is 1. The molecule has 1 aromatic rings. The van der Waals surface area contributed by atoms with Crippen molar-refractivity contribution in [3.8, 4) is 0 Å². The summed E-state index contributed by atoms with van der Waals surface area (Å²) in [5, 5.41) is 3.21. The molecule has 0 aromatic heterocycles. The molecule has 1 unspecified atom stereocenters. The molecular formula is C38H54N2O3. The first-order valence-electron chi connectivity index (χ1n) is 17.6. The molecule has 2 saturated heterocycles. The van der Waals surface area contributed by atoms with Crippen LogP contribution in [-0.2, 0) is 20.7 Å². The van der Waals surface area contributed by atoms with Crippen LogP contribution in [-0.4, -0.2) is 54.0 Å². The maximum atomic E-state index is 13.2. The Morgan fingerprint density at radius 3 is 2.72 bits per heavy atom. The summed E-state index contributed by atoms with van der Waals surface area (Å²) < 4.78 is 7.25. The zero-order chi connectivity index (χ0) is 29.9. The minimum Gasteiger partial charge on any atom is -0.369 e. The van der Waals surface area contributed by atoms with Gasteiger partial charge in [0.1, 0.15) is 5.78 Å². The lowest BCUT2D eigenvalue weighted by atomic mass is 9.52. The van der Waals surface area contributed by atoms with Gasteiger partial charge in [-0.05, 0) is 105 Å². The molecule has 5 fully saturated rings. The molecule has 1 spiro atoms. The normalized spacial score (nSPS) is 42.7. The average Bonchev–Trinajstić information content (AvgIpc) is 3.44. The van der Waals surface area contributed by atoms with Gasteiger partial charge < -0.3 is 10.1 Å². The van der Waals surface area contributed by atoms with Gasteiger partial charge in [-0.25, -0.2) is 0 Å². The van der Waals surface area contributed by atoms with Crippen LogP contribution < -0.4 is 5.32 Å². The number of likely N-dealkylation sites (tertiary alicyclic amines) is 1. The summed E-state index contributed by atoms with van der Waals surface area (Å²) in [5.74, 6) is 4.43. The molecule has 0 bridgehead atoms. The Balaban J connectivity index is 1.05. The first-order valence-corrected chi connectivity index (χ1v) is 17.6. The van der Waals surface area contributed by atoms with E-state index in [2.05, 4.69) is 62.2 Å². The number of ether oxygens (including phenoxy) is 1. The van der Waals surface area contributed by atoms with Gasteiger partial charge >= 0.3 is 0 Å². The van der Waals surface area contributed by atoms with Gasteiger partial charge in [-0.3, -0.25) is 14.5 Å². The van der Waals surface area contributed by atoms with E-state index in [1.165, 1.54) is 31.2 Å². The number of allylic oxidation sites excluding steroid dienone is 1. The Labute approximate surface area is 259 Å². The molecule has 3 saturated carbocycles. The monoisotopic (exact) mass is 586 g/mol. The summed E-state index contributed by atoms with van der Waals surface area (Å²) in [4.78, 5) is 28.0. The molecule has 1 N–H and O–H groups in total. The van der Waals surface area contributed by atoms with Crippen LogP contribution in [0.5, 0.6) is 0 Å². The number of Topliss-reactive ketones (excluding diaryl/α,β-unsaturated/α-hetero) is 1. The highest BCUT2D eigenvalue weighted by atomic mass is 16.5. The van der Waals surface area contributed by atoms with E-state index < -0.39 is 0 Å². The minimum atomic E-state index is -0.114. The molecule has 234 valence electrons. The molecule has 10 atom stereocenters. The molecule has 2 aliphatic heterocycles. The lowest BCUT2D eigenvalue weighted by Crippen LogP contribution is -2.54. The van der Waals surface area contributed by atoms with Crippen LogP contribution in [0.1, 0.15) is 97.5 Å². The summed E-state index contributed by atoms with van der Waals surface area (Å²) in [6, 6.07) is 10.7. The van der Waals surface area contributed by atoms with Crippen molar-refractivity contribution in [1.82, 2.24) is 10.2 Å². The second-order valence-electron chi connectivity index (χ2n) is 16.0. The predicted molar refractivity (Wildman–Crippen MR) is 170 cm³/mol. The van der Waals surface area contributed by atoms with Crippen LogP contribution in [0.3, 0.4) is 0 Å². The van der Waals surface area contributed by atoms with Crippen molar-refractivity contribution in [3.63, 3.8) is 0 Å². The zero-order valence-corrected chi connectivity index (χ0v) is 27.1. The molecule has 2 heterocycles. The van der Waals surface area contributed by atoms with Crippen LogP contribution in [0.15, 0.2) is 41.5 Å². The first kappa shape index (κ1) is 29.7. The Morgan fingerprint density at radius 1 is 1.09 bits per heavy atom. The largest absolute Gasteiger partial charge is 0.369 e. The second-order valence-corrected chi connectivity index (χ2v) is 16.0. The van der Waals surface area contributed by atoms with Gasteiger partial charge in [-0.1, -0.05) is 62.2 Å². The van der Waals surface area contributed by atoms with Crippen molar-refractivity contribution in [2.45, 2.75) is 116 Å². The third-order valence-electron chi connectivity index (χ3n) is 13.6. The number of nitrogens with zero attached hydrogens (tertiary/aromatic N) is 1. The number of hydrogen-bond donors (Lipinski definition) is 1. The average molecular weight is 587 g/mol. The van der Waals surface area contributed by atoms with Crippen LogP contribution in [0.4, 0.5) is 0 Å². The summed E-state index contributed by atoms with van der Waals surface area (Å²) in [7, 11) is 0. The quantitative estimate of drug-likeness (QED) is 0.388. The third kappa shape index (κ3) is 5.25. The smallest absolute Gasteiger partial charge is 0.234 e. The molecule has 7 rings (SSSR count). The second kappa shape index (κ2) is 11.4. The predicted octanol–water partition coefficient (Wildman–Crippen LogP) is 6.75. The third-order valence-corrected chi connectivity index (χ3v) is 13.6. The minimum absolute atomic E-state index is 0.114. The molecule has 43 heavy (non-hydrogen) atoms. The van der Waals surface area contributed by atoms with E-state index in [0.717, 1.165) is 63.3 Å². The number of amides is 1. The number of carbonyl (C=O) groups is 2. The van der Waals surface area contributed by atoms with Gasteiger partial charge in [-0.15, -0.1) is 0 Å². The fourth-order valence-corrected chi connectivity index (χ4v) is 11.4. The van der Waals surface area contributed by atoms with E-state index in [0.29, 0.717) is 54.0 Å². The van der Waals surface area contributed by atoms with Crippen molar-refractivity contribution in [3.05, 3.63) is 47.0 Å². The van der Waals surface area contributed by atoms with Gasteiger partial charge in [0.2, 0.25) is 5.91 Å². The number of ketones is 1. The Bertz CT molecular complexity index is 1260. The van der Waals surface area contributed by atoms with Crippen LogP contribution in [0.2, 0.25) is 0 Å². The number of rotatable bonds is 5. The highest BCUT2D eigenvalue weighted by Crippen LogP contribution is 2.65. The van der Waals surface area contributed by atoms with E-state index in [9.17, 15) is 9.59 Å². The van der Waals surface area contributed by atoms with Gasteiger partial charge in [0.25, 0.3) is 0 Å². The molecule has 6 aliphatic rings. The number of hydrogen-bond acceptors (Lipinski definition) is 4. The van der Waals surface area contributed by atoms with E-state index in [1.54, 1.807) is 11.1 Å². The fraction of sp³-hybridized carbons (Fsp3) is 0.737. The number of carbonyl (C=O) groups excluding carboxylic acids is 2. The Morgan fingerprint density at radius 2 is 1.91 bits per heavy atom. The van der Waals surface area contributed by atoms with Gasteiger partial charge in [-0.2, -0.15) is 0 Å². The van der Waals surface area contributed by atoms with Crippen molar-refractivity contribution in [2.75, 3.05) is 19.6 Å². The van der Waals surface area contributed by atoms with Crippen LogP contribution >= 0.6 is 0 Å². The topological polar surface area (TPSA) is 58.6 Å². The highest BCUT2D eigenvalue weighted by molar-refractivity contribution is 5.79. The van der Waals surface area contributed by atoms with E-state index in [-0.39, 0.29) is 17.6 Å². The van der Waals surface area contributed by atoms with Crippen molar-refractivity contribution in [2.24, 2.45) is 40.9 Å². The van der Waals surface area contributed by atoms with Gasteiger partial charge in [0.15, 0.2) is 0 Å². The maximum absolute atomic E-state index is 13.2. The lowest BCUT2D eigenvalue weighted by molar-refractivity contribution is -0.130. The van der Waals surface area contributed by atoms with Gasteiger partial charge in [0.05, 0.1) is 18.2 Å². The Kier molecular flexibility index (Phi) is 7.90. The molecule has 0 radical (unpaired) electrons. The maximum Gasteiger partial charge on any atom is 0.234 e. The molecule has 1 amide bonds. The molecule has 5 nitrogen and oxygen atoms in total. The highest BCUT2D eigenvalue weighted by Gasteiger charge is 2.60. The summed E-state index contributed by atoms with van der Waals surface area (Å²) >= 11 is 0.